The first-order valence-corrected chi connectivity index (χ1v) is 7.02. The molecule has 0 aliphatic carbocycles. The average molecular weight is 273 g/mol. The van der Waals surface area contributed by atoms with Gasteiger partial charge in [-0.25, -0.2) is 4.98 Å². The highest BCUT2D eigenvalue weighted by Crippen LogP contribution is 2.34. The number of hydrogen-bond donors (Lipinski definition) is 0. The predicted octanol–water partition coefficient (Wildman–Crippen LogP) is 4.69. The highest BCUT2D eigenvalue weighted by atomic mass is 32.1. The maximum Gasteiger partial charge on any atom is 0.164 e. The van der Waals surface area contributed by atoms with E-state index in [4.69, 9.17) is 9.15 Å². The van der Waals surface area contributed by atoms with Gasteiger partial charge in [-0.05, 0) is 30.2 Å². The molecule has 0 spiro atoms. The zero-order valence-electron chi connectivity index (χ0n) is 11.1. The first-order chi connectivity index (χ1) is 9.17. The highest BCUT2D eigenvalue weighted by molar-refractivity contribution is 7.15. The fraction of sp³-hybridized carbons (Fsp3) is 0.267. The summed E-state index contributed by atoms with van der Waals surface area (Å²) in [5, 5.41) is 1.97. The average Bonchev–Trinajstić information content (AvgIpc) is 3.04. The third-order valence-corrected chi connectivity index (χ3v) is 4.34. The van der Waals surface area contributed by atoms with Gasteiger partial charge in [0, 0.05) is 16.5 Å². The zero-order valence-corrected chi connectivity index (χ0v) is 12.0. The highest BCUT2D eigenvalue weighted by Gasteiger charge is 2.12. The Morgan fingerprint density at radius 2 is 2.11 bits per heavy atom. The Bertz CT molecular complexity index is 712. The van der Waals surface area contributed by atoms with E-state index in [1.165, 1.54) is 4.88 Å². The molecule has 3 nitrogen and oxygen atoms in total. The van der Waals surface area contributed by atoms with Crippen molar-refractivity contribution in [2.45, 2.75) is 19.8 Å². The van der Waals surface area contributed by atoms with Crippen molar-refractivity contribution in [3.8, 4) is 16.5 Å². The van der Waals surface area contributed by atoms with Gasteiger partial charge >= 0.3 is 0 Å². The number of furan rings is 1. The second kappa shape index (κ2) is 4.70. The standard InChI is InChI=1S/C15H15NO2S/c1-9(2)14-8-16-15(19-14)13-7-10-6-11(17-3)4-5-12(10)18-13/h4-9H,1-3H3. The number of methoxy groups -OCH3 is 1. The van der Waals surface area contributed by atoms with E-state index < -0.39 is 0 Å². The molecule has 2 heterocycles. The molecule has 0 atom stereocenters. The molecule has 0 N–H and O–H groups in total. The van der Waals surface area contributed by atoms with E-state index in [1.807, 2.05) is 30.5 Å². The van der Waals surface area contributed by atoms with Gasteiger partial charge in [-0.2, -0.15) is 0 Å². The Morgan fingerprint density at radius 3 is 2.79 bits per heavy atom. The maximum absolute atomic E-state index is 5.84. The monoisotopic (exact) mass is 273 g/mol. The molecule has 0 radical (unpaired) electrons. The van der Waals surface area contributed by atoms with Crippen LogP contribution in [0.25, 0.3) is 21.7 Å². The molecule has 98 valence electrons. The first kappa shape index (κ1) is 12.2. The number of fused-ring (bicyclic) bond motifs is 1. The summed E-state index contributed by atoms with van der Waals surface area (Å²) in [6, 6.07) is 7.81. The number of thiazole rings is 1. The van der Waals surface area contributed by atoms with Crippen LogP contribution in [0.3, 0.4) is 0 Å². The first-order valence-electron chi connectivity index (χ1n) is 6.21. The molecule has 19 heavy (non-hydrogen) atoms. The van der Waals surface area contributed by atoms with Crippen LogP contribution in [0.5, 0.6) is 5.75 Å². The Morgan fingerprint density at radius 1 is 1.26 bits per heavy atom. The van der Waals surface area contributed by atoms with Crippen LogP contribution in [0.15, 0.2) is 34.9 Å². The summed E-state index contributed by atoms with van der Waals surface area (Å²) in [5.74, 6) is 2.15. The lowest BCUT2D eigenvalue weighted by molar-refractivity contribution is 0.415. The summed E-state index contributed by atoms with van der Waals surface area (Å²) in [4.78, 5) is 5.71. The minimum absolute atomic E-state index is 0.496. The third-order valence-electron chi connectivity index (χ3n) is 3.03. The fourth-order valence-electron chi connectivity index (χ4n) is 1.92. The number of benzene rings is 1. The van der Waals surface area contributed by atoms with E-state index in [2.05, 4.69) is 18.8 Å². The minimum atomic E-state index is 0.496. The van der Waals surface area contributed by atoms with Crippen molar-refractivity contribution in [3.05, 3.63) is 35.3 Å². The maximum atomic E-state index is 5.84. The SMILES string of the molecule is COc1ccc2oc(-c3ncc(C(C)C)s3)cc2c1. The van der Waals surface area contributed by atoms with E-state index in [-0.39, 0.29) is 0 Å². The lowest BCUT2D eigenvalue weighted by Gasteiger charge is -1.96. The topological polar surface area (TPSA) is 35.3 Å². The Hall–Kier alpha value is -1.81. The molecule has 3 rings (SSSR count). The van der Waals surface area contributed by atoms with Gasteiger partial charge in [0.05, 0.1) is 7.11 Å². The van der Waals surface area contributed by atoms with Crippen LogP contribution in [-0.2, 0) is 0 Å². The van der Waals surface area contributed by atoms with Gasteiger partial charge in [-0.3, -0.25) is 0 Å². The van der Waals surface area contributed by atoms with Crippen LogP contribution < -0.4 is 4.74 Å². The van der Waals surface area contributed by atoms with E-state index in [1.54, 1.807) is 18.4 Å². The molecule has 0 aliphatic rings. The smallest absolute Gasteiger partial charge is 0.164 e. The second-order valence-corrected chi connectivity index (χ2v) is 5.80. The number of ether oxygens (including phenoxy) is 1. The molecule has 0 saturated heterocycles. The lowest BCUT2D eigenvalue weighted by atomic mass is 10.2. The van der Waals surface area contributed by atoms with E-state index in [0.717, 1.165) is 27.5 Å². The molecule has 4 heteroatoms. The van der Waals surface area contributed by atoms with Crippen molar-refractivity contribution in [2.24, 2.45) is 0 Å². The van der Waals surface area contributed by atoms with Gasteiger partial charge in [0.2, 0.25) is 0 Å². The van der Waals surface area contributed by atoms with Crippen molar-refractivity contribution in [3.63, 3.8) is 0 Å². The van der Waals surface area contributed by atoms with E-state index in [0.29, 0.717) is 5.92 Å². The number of rotatable bonds is 3. The second-order valence-electron chi connectivity index (χ2n) is 4.74. The molecule has 0 saturated carbocycles. The fourth-order valence-corrected chi connectivity index (χ4v) is 2.79. The van der Waals surface area contributed by atoms with Gasteiger partial charge in [-0.1, -0.05) is 13.8 Å². The summed E-state index contributed by atoms with van der Waals surface area (Å²) in [5.41, 5.74) is 0.858. The number of aromatic nitrogens is 1. The van der Waals surface area contributed by atoms with Gasteiger partial charge in [0.15, 0.2) is 10.8 Å². The van der Waals surface area contributed by atoms with E-state index in [9.17, 15) is 0 Å². The largest absolute Gasteiger partial charge is 0.497 e. The van der Waals surface area contributed by atoms with Gasteiger partial charge in [0.25, 0.3) is 0 Å². The molecule has 0 unspecified atom stereocenters. The van der Waals surface area contributed by atoms with Gasteiger partial charge in [-0.15, -0.1) is 11.3 Å². The molecule has 1 aromatic carbocycles. The molecule has 2 aromatic heterocycles. The summed E-state index contributed by atoms with van der Waals surface area (Å²) < 4.78 is 11.1. The summed E-state index contributed by atoms with van der Waals surface area (Å²) in [7, 11) is 1.66. The van der Waals surface area contributed by atoms with Crippen LogP contribution in [0.4, 0.5) is 0 Å². The molecule has 3 aromatic rings. The van der Waals surface area contributed by atoms with Crippen LogP contribution in [0.1, 0.15) is 24.6 Å². The van der Waals surface area contributed by atoms with Crippen molar-refractivity contribution in [1.82, 2.24) is 4.98 Å². The Balaban J connectivity index is 2.04. The molecular formula is C15H15NO2S. The molecular weight excluding hydrogens is 258 g/mol. The van der Waals surface area contributed by atoms with Crippen molar-refractivity contribution in [2.75, 3.05) is 7.11 Å². The molecule has 0 bridgehead atoms. The van der Waals surface area contributed by atoms with Gasteiger partial charge in [0.1, 0.15) is 11.3 Å². The molecule has 0 aliphatic heterocycles. The molecule has 0 fully saturated rings. The van der Waals surface area contributed by atoms with Crippen LogP contribution in [-0.4, -0.2) is 12.1 Å². The van der Waals surface area contributed by atoms with Crippen molar-refractivity contribution in [1.29, 1.82) is 0 Å². The summed E-state index contributed by atoms with van der Waals surface area (Å²) in [6.45, 7) is 4.33. The lowest BCUT2D eigenvalue weighted by Crippen LogP contribution is -1.79. The van der Waals surface area contributed by atoms with Crippen LogP contribution in [0, 0.1) is 0 Å². The van der Waals surface area contributed by atoms with Crippen LogP contribution in [0.2, 0.25) is 0 Å². The number of hydrogen-bond acceptors (Lipinski definition) is 4. The Kier molecular flexibility index (Phi) is 3.03. The predicted molar refractivity (Wildman–Crippen MR) is 78.0 cm³/mol. The third kappa shape index (κ3) is 2.24. The minimum Gasteiger partial charge on any atom is -0.497 e. The molecule has 0 amide bonds. The quantitative estimate of drug-likeness (QED) is 0.694. The summed E-state index contributed by atoms with van der Waals surface area (Å²) in [6.07, 6.45) is 1.93. The van der Waals surface area contributed by atoms with Gasteiger partial charge < -0.3 is 9.15 Å². The zero-order chi connectivity index (χ0) is 13.4. The van der Waals surface area contributed by atoms with Crippen LogP contribution >= 0.6 is 11.3 Å². The number of nitrogens with zero attached hydrogens (tertiary/aromatic N) is 1. The van der Waals surface area contributed by atoms with E-state index >= 15 is 0 Å². The Labute approximate surface area is 115 Å². The van der Waals surface area contributed by atoms with Crippen molar-refractivity contribution < 1.29 is 9.15 Å². The van der Waals surface area contributed by atoms with Crippen molar-refractivity contribution >= 4 is 22.3 Å². The summed E-state index contributed by atoms with van der Waals surface area (Å²) >= 11 is 1.68. The normalized spacial score (nSPS) is 11.4.